The van der Waals surface area contributed by atoms with Crippen LogP contribution in [0, 0.1) is 0 Å². The first kappa shape index (κ1) is 15.5. The fraction of sp³-hybridized carbons (Fsp3) is 0.533. The lowest BCUT2D eigenvalue weighted by molar-refractivity contribution is -0.120. The number of hydrogen-bond donors (Lipinski definition) is 2. The van der Waals surface area contributed by atoms with Crippen LogP contribution < -0.4 is 15.5 Å². The Morgan fingerprint density at radius 2 is 2.05 bits per heavy atom. The maximum Gasteiger partial charge on any atom is 0.221 e. The molecule has 0 heterocycles. The number of benzene rings is 1. The summed E-state index contributed by atoms with van der Waals surface area (Å²) < 4.78 is 0. The van der Waals surface area contributed by atoms with Crippen molar-refractivity contribution in [3.8, 4) is 0 Å². The number of para-hydroxylation sites is 1. The summed E-state index contributed by atoms with van der Waals surface area (Å²) in [6.45, 7) is 4.78. The van der Waals surface area contributed by atoms with Gasteiger partial charge in [-0.3, -0.25) is 4.79 Å². The summed E-state index contributed by atoms with van der Waals surface area (Å²) in [7, 11) is 3.70. The lowest BCUT2D eigenvalue weighted by atomic mass is 10.1. The highest BCUT2D eigenvalue weighted by Crippen LogP contribution is 2.19. The topological polar surface area (TPSA) is 44.4 Å². The summed E-state index contributed by atoms with van der Waals surface area (Å²) >= 11 is 0. The average Bonchev–Trinajstić information content (AvgIpc) is 2.45. The van der Waals surface area contributed by atoms with Crippen LogP contribution in [0.5, 0.6) is 0 Å². The molecule has 0 aromatic heterocycles. The van der Waals surface area contributed by atoms with Gasteiger partial charge in [0.05, 0.1) is 0 Å². The van der Waals surface area contributed by atoms with Crippen molar-refractivity contribution < 1.29 is 4.79 Å². The molecule has 0 fully saturated rings. The number of hydrogen-bond acceptors (Lipinski definition) is 3. The van der Waals surface area contributed by atoms with E-state index in [0.29, 0.717) is 6.42 Å². The van der Waals surface area contributed by atoms with Crippen molar-refractivity contribution in [2.24, 2.45) is 0 Å². The van der Waals surface area contributed by atoms with Crippen LogP contribution in [-0.4, -0.2) is 33.1 Å². The molecule has 4 nitrogen and oxygen atoms in total. The third-order valence-corrected chi connectivity index (χ3v) is 3.10. The van der Waals surface area contributed by atoms with Crippen molar-refractivity contribution in [1.82, 2.24) is 10.6 Å². The molecular weight excluding hydrogens is 238 g/mol. The Labute approximate surface area is 116 Å². The van der Waals surface area contributed by atoms with E-state index < -0.39 is 0 Å². The van der Waals surface area contributed by atoms with Gasteiger partial charge in [0, 0.05) is 39.3 Å². The van der Waals surface area contributed by atoms with Crippen molar-refractivity contribution in [3.63, 3.8) is 0 Å². The van der Waals surface area contributed by atoms with E-state index in [4.69, 9.17) is 0 Å². The Kier molecular flexibility index (Phi) is 6.97. The molecule has 0 aliphatic carbocycles. The molecule has 106 valence electrons. The summed E-state index contributed by atoms with van der Waals surface area (Å²) in [6.07, 6.45) is 1.65. The normalized spacial score (nSPS) is 10.3. The minimum absolute atomic E-state index is 0.0773. The van der Waals surface area contributed by atoms with Gasteiger partial charge in [-0.2, -0.15) is 0 Å². The second-order valence-corrected chi connectivity index (χ2v) is 4.65. The Morgan fingerprint density at radius 1 is 1.32 bits per heavy atom. The van der Waals surface area contributed by atoms with Gasteiger partial charge in [-0.05, 0) is 24.6 Å². The van der Waals surface area contributed by atoms with E-state index in [1.165, 1.54) is 11.3 Å². The standard InChI is InChI=1S/C15H25N3O/c1-4-10-17-12-13-7-5-6-8-14(13)18(3)11-9-15(19)16-2/h5-8,17H,4,9-12H2,1-3H3,(H,16,19). The Balaban J connectivity index is 2.62. The van der Waals surface area contributed by atoms with Crippen molar-refractivity contribution in [3.05, 3.63) is 29.8 Å². The molecule has 1 amide bonds. The second-order valence-electron chi connectivity index (χ2n) is 4.65. The largest absolute Gasteiger partial charge is 0.374 e. The zero-order valence-corrected chi connectivity index (χ0v) is 12.2. The number of amides is 1. The van der Waals surface area contributed by atoms with Crippen LogP contribution in [0.15, 0.2) is 24.3 Å². The Bertz CT molecular complexity index is 393. The van der Waals surface area contributed by atoms with Gasteiger partial charge in [0.2, 0.25) is 5.91 Å². The van der Waals surface area contributed by atoms with Crippen LogP contribution in [0.4, 0.5) is 5.69 Å². The van der Waals surface area contributed by atoms with E-state index in [1.54, 1.807) is 7.05 Å². The molecule has 0 unspecified atom stereocenters. The highest BCUT2D eigenvalue weighted by Gasteiger charge is 2.08. The molecule has 4 heteroatoms. The molecule has 1 aromatic carbocycles. The van der Waals surface area contributed by atoms with Crippen molar-refractivity contribution in [2.75, 3.05) is 32.1 Å². The minimum Gasteiger partial charge on any atom is -0.374 e. The molecule has 0 atom stereocenters. The summed E-state index contributed by atoms with van der Waals surface area (Å²) in [5.41, 5.74) is 2.46. The number of carbonyl (C=O) groups excluding carboxylic acids is 1. The first-order valence-electron chi connectivity index (χ1n) is 6.89. The van der Waals surface area contributed by atoms with E-state index in [2.05, 4.69) is 40.7 Å². The van der Waals surface area contributed by atoms with Gasteiger partial charge in [0.25, 0.3) is 0 Å². The molecule has 0 aliphatic heterocycles. The monoisotopic (exact) mass is 263 g/mol. The zero-order chi connectivity index (χ0) is 14.1. The summed E-state index contributed by atoms with van der Waals surface area (Å²) in [5, 5.41) is 6.07. The fourth-order valence-corrected chi connectivity index (χ4v) is 1.95. The summed E-state index contributed by atoms with van der Waals surface area (Å²) in [6, 6.07) is 8.33. The average molecular weight is 263 g/mol. The number of anilines is 1. The van der Waals surface area contributed by atoms with E-state index in [9.17, 15) is 4.79 Å². The van der Waals surface area contributed by atoms with Gasteiger partial charge in [0.1, 0.15) is 0 Å². The first-order valence-corrected chi connectivity index (χ1v) is 6.89. The molecule has 0 radical (unpaired) electrons. The van der Waals surface area contributed by atoms with Gasteiger partial charge in [-0.15, -0.1) is 0 Å². The number of carbonyl (C=O) groups is 1. The maximum absolute atomic E-state index is 11.3. The zero-order valence-electron chi connectivity index (χ0n) is 12.2. The van der Waals surface area contributed by atoms with Gasteiger partial charge < -0.3 is 15.5 Å². The molecule has 1 aromatic rings. The highest BCUT2D eigenvalue weighted by molar-refractivity contribution is 5.76. The molecule has 0 bridgehead atoms. The molecule has 2 N–H and O–H groups in total. The quantitative estimate of drug-likeness (QED) is 0.702. The van der Waals surface area contributed by atoms with E-state index in [1.807, 2.05) is 13.1 Å². The van der Waals surface area contributed by atoms with Gasteiger partial charge in [0.15, 0.2) is 0 Å². The van der Waals surface area contributed by atoms with Crippen LogP contribution in [-0.2, 0) is 11.3 Å². The fourth-order valence-electron chi connectivity index (χ4n) is 1.95. The number of nitrogens with zero attached hydrogens (tertiary/aromatic N) is 1. The Morgan fingerprint density at radius 3 is 2.74 bits per heavy atom. The van der Waals surface area contributed by atoms with Gasteiger partial charge in [-0.1, -0.05) is 25.1 Å². The molecule has 0 saturated heterocycles. The van der Waals surface area contributed by atoms with Crippen LogP contribution >= 0.6 is 0 Å². The predicted molar refractivity (Wildman–Crippen MR) is 80.4 cm³/mol. The third kappa shape index (κ3) is 5.30. The predicted octanol–water partition coefficient (Wildman–Crippen LogP) is 1.76. The molecule has 0 saturated carbocycles. The van der Waals surface area contributed by atoms with Gasteiger partial charge >= 0.3 is 0 Å². The van der Waals surface area contributed by atoms with Crippen molar-refractivity contribution >= 4 is 11.6 Å². The van der Waals surface area contributed by atoms with Crippen molar-refractivity contribution in [1.29, 1.82) is 0 Å². The van der Waals surface area contributed by atoms with Crippen LogP contribution in [0.25, 0.3) is 0 Å². The second kappa shape index (κ2) is 8.53. The SMILES string of the molecule is CCCNCc1ccccc1N(C)CCC(=O)NC. The van der Waals surface area contributed by atoms with Crippen LogP contribution in [0.3, 0.4) is 0 Å². The molecule has 19 heavy (non-hydrogen) atoms. The molecule has 0 aliphatic rings. The van der Waals surface area contributed by atoms with Crippen LogP contribution in [0.2, 0.25) is 0 Å². The molecular formula is C15H25N3O. The molecule has 0 spiro atoms. The van der Waals surface area contributed by atoms with E-state index in [0.717, 1.165) is 26.1 Å². The lowest BCUT2D eigenvalue weighted by Gasteiger charge is -2.22. The van der Waals surface area contributed by atoms with Crippen LogP contribution in [0.1, 0.15) is 25.3 Å². The van der Waals surface area contributed by atoms with E-state index >= 15 is 0 Å². The maximum atomic E-state index is 11.3. The Hall–Kier alpha value is -1.55. The highest BCUT2D eigenvalue weighted by atomic mass is 16.1. The minimum atomic E-state index is 0.0773. The molecule has 1 rings (SSSR count). The first-order chi connectivity index (χ1) is 9.19. The van der Waals surface area contributed by atoms with Gasteiger partial charge in [-0.25, -0.2) is 0 Å². The summed E-state index contributed by atoms with van der Waals surface area (Å²) in [4.78, 5) is 13.4. The number of rotatable bonds is 8. The summed E-state index contributed by atoms with van der Waals surface area (Å²) in [5.74, 6) is 0.0773. The van der Waals surface area contributed by atoms with E-state index in [-0.39, 0.29) is 5.91 Å². The smallest absolute Gasteiger partial charge is 0.221 e. The van der Waals surface area contributed by atoms with Crippen molar-refractivity contribution in [2.45, 2.75) is 26.3 Å². The lowest BCUT2D eigenvalue weighted by Crippen LogP contribution is -2.27. The number of nitrogens with one attached hydrogen (secondary N) is 2. The third-order valence-electron chi connectivity index (χ3n) is 3.10.